The second-order valence-corrected chi connectivity index (χ2v) is 4.05. The standard InChI is InChI=1S/C14H16N2O2/c1-9(2)13(17)15-11-6-5-7-12(8-11)16-14(18)10(3)4/h5-8H,1,3H2,2,4H3,(H,15,17)(H,16,18). The molecular weight excluding hydrogens is 228 g/mol. The quantitative estimate of drug-likeness (QED) is 0.800. The zero-order chi connectivity index (χ0) is 13.7. The molecule has 0 aromatic heterocycles. The van der Waals surface area contributed by atoms with Gasteiger partial charge in [-0.15, -0.1) is 0 Å². The average molecular weight is 244 g/mol. The Bertz CT molecular complexity index is 475. The fourth-order valence-electron chi connectivity index (χ4n) is 1.15. The molecule has 18 heavy (non-hydrogen) atoms. The minimum atomic E-state index is -0.252. The van der Waals surface area contributed by atoms with E-state index >= 15 is 0 Å². The number of rotatable bonds is 4. The van der Waals surface area contributed by atoms with Crippen molar-refractivity contribution >= 4 is 23.2 Å². The van der Waals surface area contributed by atoms with E-state index in [2.05, 4.69) is 23.8 Å². The molecule has 1 aromatic rings. The highest BCUT2D eigenvalue weighted by Crippen LogP contribution is 2.16. The van der Waals surface area contributed by atoms with E-state index < -0.39 is 0 Å². The molecule has 0 heterocycles. The second-order valence-electron chi connectivity index (χ2n) is 4.05. The van der Waals surface area contributed by atoms with Crippen LogP contribution in [0.4, 0.5) is 11.4 Å². The molecule has 0 bridgehead atoms. The van der Waals surface area contributed by atoms with Crippen molar-refractivity contribution in [2.45, 2.75) is 13.8 Å². The molecule has 0 aliphatic carbocycles. The summed E-state index contributed by atoms with van der Waals surface area (Å²) >= 11 is 0. The predicted octanol–water partition coefficient (Wildman–Crippen LogP) is 2.72. The van der Waals surface area contributed by atoms with Crippen LogP contribution < -0.4 is 10.6 Å². The minimum Gasteiger partial charge on any atom is -0.322 e. The van der Waals surface area contributed by atoms with Gasteiger partial charge >= 0.3 is 0 Å². The first kappa shape index (κ1) is 13.7. The fourth-order valence-corrected chi connectivity index (χ4v) is 1.15. The molecule has 0 aliphatic heterocycles. The lowest BCUT2D eigenvalue weighted by molar-refractivity contribution is -0.113. The maximum atomic E-state index is 11.4. The molecule has 2 amide bonds. The largest absolute Gasteiger partial charge is 0.322 e. The summed E-state index contributed by atoms with van der Waals surface area (Å²) in [6.45, 7) is 10.4. The Hall–Kier alpha value is -2.36. The molecule has 1 rings (SSSR count). The number of hydrogen-bond donors (Lipinski definition) is 2. The van der Waals surface area contributed by atoms with Gasteiger partial charge in [0.2, 0.25) is 0 Å². The molecular formula is C14H16N2O2. The van der Waals surface area contributed by atoms with Gasteiger partial charge in [-0.1, -0.05) is 19.2 Å². The number of carbonyl (C=O) groups is 2. The zero-order valence-electron chi connectivity index (χ0n) is 10.5. The van der Waals surface area contributed by atoms with Crippen molar-refractivity contribution < 1.29 is 9.59 Å². The smallest absolute Gasteiger partial charge is 0.250 e. The SMILES string of the molecule is C=C(C)C(=O)Nc1cccc(NC(=O)C(=C)C)c1. The lowest BCUT2D eigenvalue weighted by atomic mass is 10.2. The van der Waals surface area contributed by atoms with E-state index in [4.69, 9.17) is 0 Å². The van der Waals surface area contributed by atoms with Crippen LogP contribution in [0.25, 0.3) is 0 Å². The van der Waals surface area contributed by atoms with Crippen LogP contribution in [0.1, 0.15) is 13.8 Å². The Kier molecular flexibility index (Phi) is 4.43. The summed E-state index contributed by atoms with van der Waals surface area (Å²) in [5.74, 6) is -0.503. The van der Waals surface area contributed by atoms with E-state index in [1.165, 1.54) is 0 Å². The Labute approximate surface area is 106 Å². The van der Waals surface area contributed by atoms with Crippen molar-refractivity contribution in [1.82, 2.24) is 0 Å². The van der Waals surface area contributed by atoms with Crippen LogP contribution in [0.15, 0.2) is 48.6 Å². The van der Waals surface area contributed by atoms with E-state index in [-0.39, 0.29) is 11.8 Å². The van der Waals surface area contributed by atoms with E-state index in [1.807, 2.05) is 0 Å². The summed E-state index contributed by atoms with van der Waals surface area (Å²) in [6.07, 6.45) is 0. The first-order valence-corrected chi connectivity index (χ1v) is 5.44. The zero-order valence-corrected chi connectivity index (χ0v) is 10.5. The molecule has 4 heteroatoms. The third-order valence-corrected chi connectivity index (χ3v) is 2.15. The van der Waals surface area contributed by atoms with Crippen LogP contribution in [0.2, 0.25) is 0 Å². The number of amides is 2. The number of hydrogen-bond acceptors (Lipinski definition) is 2. The van der Waals surface area contributed by atoms with Crippen molar-refractivity contribution in [3.63, 3.8) is 0 Å². The van der Waals surface area contributed by atoms with E-state index in [9.17, 15) is 9.59 Å². The molecule has 4 nitrogen and oxygen atoms in total. The molecule has 0 spiro atoms. The molecule has 0 atom stereocenters. The number of benzene rings is 1. The van der Waals surface area contributed by atoms with E-state index in [1.54, 1.807) is 38.1 Å². The third-order valence-electron chi connectivity index (χ3n) is 2.15. The van der Waals surface area contributed by atoms with Crippen LogP contribution >= 0.6 is 0 Å². The molecule has 94 valence electrons. The highest BCUT2D eigenvalue weighted by Gasteiger charge is 2.05. The van der Waals surface area contributed by atoms with Gasteiger partial charge in [0.25, 0.3) is 11.8 Å². The van der Waals surface area contributed by atoms with Crippen LogP contribution in [0, 0.1) is 0 Å². The molecule has 0 aliphatic rings. The Morgan fingerprint density at radius 1 is 0.944 bits per heavy atom. The molecule has 0 radical (unpaired) electrons. The normalized spacial score (nSPS) is 9.44. The summed E-state index contributed by atoms with van der Waals surface area (Å²) in [5, 5.41) is 5.34. The highest BCUT2D eigenvalue weighted by atomic mass is 16.2. The molecule has 0 saturated carbocycles. The first-order valence-electron chi connectivity index (χ1n) is 5.44. The number of carbonyl (C=O) groups excluding carboxylic acids is 2. The van der Waals surface area contributed by atoms with Crippen LogP contribution in [0.3, 0.4) is 0 Å². The van der Waals surface area contributed by atoms with Crippen LogP contribution in [-0.2, 0) is 9.59 Å². The van der Waals surface area contributed by atoms with Crippen molar-refractivity contribution in [1.29, 1.82) is 0 Å². The van der Waals surface area contributed by atoms with Gasteiger partial charge < -0.3 is 10.6 Å². The second kappa shape index (κ2) is 5.82. The van der Waals surface area contributed by atoms with Gasteiger partial charge in [0.15, 0.2) is 0 Å². The van der Waals surface area contributed by atoms with E-state index in [0.29, 0.717) is 22.5 Å². The van der Waals surface area contributed by atoms with Gasteiger partial charge in [0, 0.05) is 22.5 Å². The Morgan fingerprint density at radius 3 is 1.67 bits per heavy atom. The maximum Gasteiger partial charge on any atom is 0.250 e. The van der Waals surface area contributed by atoms with Crippen molar-refractivity contribution in [2.24, 2.45) is 0 Å². The van der Waals surface area contributed by atoms with Gasteiger partial charge in [-0.05, 0) is 32.0 Å². The van der Waals surface area contributed by atoms with Crippen molar-refractivity contribution in [3.05, 3.63) is 48.6 Å². The van der Waals surface area contributed by atoms with Gasteiger partial charge in [0.05, 0.1) is 0 Å². The van der Waals surface area contributed by atoms with Crippen molar-refractivity contribution in [2.75, 3.05) is 10.6 Å². The van der Waals surface area contributed by atoms with Gasteiger partial charge in [-0.2, -0.15) is 0 Å². The summed E-state index contributed by atoms with van der Waals surface area (Å²) in [5.41, 5.74) is 2.04. The lowest BCUT2D eigenvalue weighted by Gasteiger charge is -2.08. The fraction of sp³-hybridized carbons (Fsp3) is 0.143. The molecule has 2 N–H and O–H groups in total. The lowest BCUT2D eigenvalue weighted by Crippen LogP contribution is -2.14. The van der Waals surface area contributed by atoms with Crippen molar-refractivity contribution in [3.8, 4) is 0 Å². The highest BCUT2D eigenvalue weighted by molar-refractivity contribution is 6.05. The summed E-state index contributed by atoms with van der Waals surface area (Å²) in [6, 6.07) is 6.87. The third kappa shape index (κ3) is 3.90. The average Bonchev–Trinajstić information content (AvgIpc) is 2.29. The first-order chi connectivity index (χ1) is 8.40. The monoisotopic (exact) mass is 244 g/mol. The van der Waals surface area contributed by atoms with Gasteiger partial charge in [-0.3, -0.25) is 9.59 Å². The van der Waals surface area contributed by atoms with E-state index in [0.717, 1.165) is 0 Å². The molecule has 1 aromatic carbocycles. The molecule has 0 saturated heterocycles. The number of anilines is 2. The molecule has 0 unspecified atom stereocenters. The summed E-state index contributed by atoms with van der Waals surface area (Å²) in [4.78, 5) is 22.9. The minimum absolute atomic E-state index is 0.252. The maximum absolute atomic E-state index is 11.4. The Balaban J connectivity index is 2.80. The summed E-state index contributed by atoms with van der Waals surface area (Å²) < 4.78 is 0. The van der Waals surface area contributed by atoms with Gasteiger partial charge in [0.1, 0.15) is 0 Å². The van der Waals surface area contributed by atoms with Crippen LogP contribution in [0.5, 0.6) is 0 Å². The topological polar surface area (TPSA) is 58.2 Å². The Morgan fingerprint density at radius 2 is 1.33 bits per heavy atom. The number of nitrogens with one attached hydrogen (secondary N) is 2. The molecule has 0 fully saturated rings. The predicted molar refractivity (Wildman–Crippen MR) is 73.3 cm³/mol. The summed E-state index contributed by atoms with van der Waals surface area (Å²) in [7, 11) is 0. The van der Waals surface area contributed by atoms with Gasteiger partial charge in [-0.25, -0.2) is 0 Å². The van der Waals surface area contributed by atoms with Crippen LogP contribution in [-0.4, -0.2) is 11.8 Å².